The summed E-state index contributed by atoms with van der Waals surface area (Å²) in [6, 6.07) is 0.896. The Kier molecular flexibility index (Phi) is 4.78. The predicted molar refractivity (Wildman–Crippen MR) is 78.0 cm³/mol. The minimum absolute atomic E-state index is 0.120. The molecule has 20 heavy (non-hydrogen) atoms. The van der Waals surface area contributed by atoms with Crippen molar-refractivity contribution in [3.63, 3.8) is 0 Å². The molecule has 112 valence electrons. The lowest BCUT2D eigenvalue weighted by molar-refractivity contribution is 0.144. The first kappa shape index (κ1) is 15.0. The first-order valence-corrected chi connectivity index (χ1v) is 7.44. The summed E-state index contributed by atoms with van der Waals surface area (Å²) in [5.74, 6) is -1.01. The van der Waals surface area contributed by atoms with Gasteiger partial charge in [0.1, 0.15) is 0 Å². The van der Waals surface area contributed by atoms with E-state index in [-0.39, 0.29) is 17.1 Å². The molecule has 0 radical (unpaired) electrons. The molecule has 0 unspecified atom stereocenters. The Balaban J connectivity index is 2.06. The summed E-state index contributed by atoms with van der Waals surface area (Å²) in [7, 11) is 0. The highest BCUT2D eigenvalue weighted by atomic mass is 19.1. The van der Waals surface area contributed by atoms with E-state index < -0.39 is 11.6 Å². The third-order valence-electron chi connectivity index (χ3n) is 4.27. The summed E-state index contributed by atoms with van der Waals surface area (Å²) < 4.78 is 27.3. The van der Waals surface area contributed by atoms with Crippen molar-refractivity contribution in [3.8, 4) is 0 Å². The second-order valence-corrected chi connectivity index (χ2v) is 5.64. The maximum Gasteiger partial charge on any atom is 0.168 e. The largest absolute Gasteiger partial charge is 0.368 e. The molecule has 0 bridgehead atoms. The van der Waals surface area contributed by atoms with Gasteiger partial charge in [0.25, 0.3) is 0 Å². The molecule has 3 nitrogen and oxygen atoms in total. The van der Waals surface area contributed by atoms with E-state index in [9.17, 15) is 8.78 Å². The molecule has 0 atom stereocenters. The van der Waals surface area contributed by atoms with Crippen molar-refractivity contribution in [2.24, 2.45) is 5.41 Å². The number of nitrogens with zero attached hydrogens (tertiary/aromatic N) is 1. The number of nitrogens with one attached hydrogen (secondary N) is 2. The van der Waals surface area contributed by atoms with Crippen LogP contribution in [0.1, 0.15) is 46.0 Å². The van der Waals surface area contributed by atoms with E-state index >= 15 is 0 Å². The van der Waals surface area contributed by atoms with Crippen molar-refractivity contribution in [3.05, 3.63) is 17.7 Å². The molecule has 0 saturated heterocycles. The Morgan fingerprint density at radius 2 is 1.80 bits per heavy atom. The third-order valence-corrected chi connectivity index (χ3v) is 4.27. The average molecular weight is 283 g/mol. The minimum atomic E-state index is -0.643. The maximum absolute atomic E-state index is 13.8. The first-order valence-electron chi connectivity index (χ1n) is 7.44. The van der Waals surface area contributed by atoms with Gasteiger partial charge in [-0.25, -0.2) is 13.8 Å². The fourth-order valence-electron chi connectivity index (χ4n) is 2.56. The number of pyridine rings is 1. The van der Waals surface area contributed by atoms with E-state index in [1.807, 2.05) is 6.92 Å². The van der Waals surface area contributed by atoms with Crippen LogP contribution in [-0.2, 0) is 0 Å². The molecule has 2 N–H and O–H groups in total. The zero-order chi connectivity index (χ0) is 14.6. The normalized spacial score (nSPS) is 16.6. The molecule has 0 amide bonds. The Hall–Kier alpha value is -1.39. The van der Waals surface area contributed by atoms with Gasteiger partial charge >= 0.3 is 0 Å². The number of hydrogen-bond donors (Lipinski definition) is 2. The second-order valence-electron chi connectivity index (χ2n) is 5.64. The molecule has 0 aromatic carbocycles. The van der Waals surface area contributed by atoms with Gasteiger partial charge in [-0.3, -0.25) is 0 Å². The fourth-order valence-corrected chi connectivity index (χ4v) is 2.56. The van der Waals surface area contributed by atoms with Crippen molar-refractivity contribution in [2.45, 2.75) is 46.0 Å². The first-order chi connectivity index (χ1) is 9.60. The molecule has 5 heteroatoms. The lowest BCUT2D eigenvalue weighted by atomic mass is 9.67. The van der Waals surface area contributed by atoms with E-state index in [2.05, 4.69) is 22.5 Å². The van der Waals surface area contributed by atoms with E-state index in [4.69, 9.17) is 0 Å². The Labute approximate surface area is 119 Å². The van der Waals surface area contributed by atoms with Gasteiger partial charge in [0, 0.05) is 19.2 Å². The highest BCUT2D eigenvalue weighted by Crippen LogP contribution is 2.43. The number of rotatable bonds is 7. The van der Waals surface area contributed by atoms with Crippen molar-refractivity contribution < 1.29 is 8.78 Å². The van der Waals surface area contributed by atoms with Crippen molar-refractivity contribution in [1.29, 1.82) is 0 Å². The summed E-state index contributed by atoms with van der Waals surface area (Å²) in [6.45, 7) is 5.46. The molecular formula is C15H23F2N3. The quantitative estimate of drug-likeness (QED) is 0.788. The second kappa shape index (κ2) is 6.37. The van der Waals surface area contributed by atoms with E-state index in [0.29, 0.717) is 13.1 Å². The monoisotopic (exact) mass is 283 g/mol. The van der Waals surface area contributed by atoms with Gasteiger partial charge in [0.2, 0.25) is 0 Å². The van der Waals surface area contributed by atoms with Crippen LogP contribution >= 0.6 is 0 Å². The van der Waals surface area contributed by atoms with Gasteiger partial charge in [-0.05, 0) is 31.1 Å². The summed E-state index contributed by atoms with van der Waals surface area (Å²) in [4.78, 5) is 4.03. The van der Waals surface area contributed by atoms with Crippen molar-refractivity contribution >= 4 is 11.6 Å². The number of hydrogen-bond acceptors (Lipinski definition) is 3. The van der Waals surface area contributed by atoms with Gasteiger partial charge in [-0.1, -0.05) is 20.3 Å². The molecule has 2 rings (SSSR count). The van der Waals surface area contributed by atoms with E-state index in [1.165, 1.54) is 19.3 Å². The summed E-state index contributed by atoms with van der Waals surface area (Å²) >= 11 is 0. The Bertz CT molecular complexity index is 453. The van der Waals surface area contributed by atoms with E-state index in [1.54, 1.807) is 0 Å². The van der Waals surface area contributed by atoms with Gasteiger partial charge in [-0.15, -0.1) is 0 Å². The summed E-state index contributed by atoms with van der Waals surface area (Å²) in [5, 5.41) is 5.93. The molecule has 1 aliphatic carbocycles. The SMILES string of the molecule is CCCNc1nc(NCC2(CC)CCC2)c(F)cc1F. The highest BCUT2D eigenvalue weighted by Gasteiger charge is 2.35. The van der Waals surface area contributed by atoms with Crippen LogP contribution in [0, 0.1) is 17.0 Å². The van der Waals surface area contributed by atoms with Crippen LogP contribution in [0.15, 0.2) is 6.07 Å². The van der Waals surface area contributed by atoms with Gasteiger partial charge in [-0.2, -0.15) is 0 Å². The third kappa shape index (κ3) is 3.19. The van der Waals surface area contributed by atoms with Gasteiger partial charge in [0.15, 0.2) is 23.3 Å². The van der Waals surface area contributed by atoms with Crippen LogP contribution in [0.2, 0.25) is 0 Å². The van der Waals surface area contributed by atoms with Crippen LogP contribution in [0.3, 0.4) is 0 Å². The van der Waals surface area contributed by atoms with Crippen molar-refractivity contribution in [1.82, 2.24) is 4.98 Å². The Morgan fingerprint density at radius 3 is 2.30 bits per heavy atom. The van der Waals surface area contributed by atoms with Crippen LogP contribution in [0.25, 0.3) is 0 Å². The lowest BCUT2D eigenvalue weighted by Gasteiger charge is -2.41. The standard InChI is InChI=1S/C15H23F2N3/c1-3-8-18-13-11(16)9-12(17)14(20-13)19-10-15(4-2)6-5-7-15/h9H,3-8,10H2,1-2H3,(H2,18,19,20). The molecule has 1 heterocycles. The lowest BCUT2D eigenvalue weighted by Crippen LogP contribution is -2.36. The zero-order valence-electron chi connectivity index (χ0n) is 12.2. The van der Waals surface area contributed by atoms with Gasteiger partial charge in [0.05, 0.1) is 0 Å². The number of aromatic nitrogens is 1. The summed E-state index contributed by atoms with van der Waals surface area (Å²) in [6.07, 6.45) is 5.50. The fraction of sp³-hybridized carbons (Fsp3) is 0.667. The Morgan fingerprint density at radius 1 is 1.15 bits per heavy atom. The van der Waals surface area contributed by atoms with Crippen molar-refractivity contribution in [2.75, 3.05) is 23.7 Å². The molecule has 1 aromatic heterocycles. The molecule has 1 aliphatic rings. The van der Waals surface area contributed by atoms with Crippen LogP contribution in [-0.4, -0.2) is 18.1 Å². The zero-order valence-corrected chi connectivity index (χ0v) is 12.2. The molecular weight excluding hydrogens is 260 g/mol. The smallest absolute Gasteiger partial charge is 0.168 e. The molecule has 1 aromatic rings. The molecule has 1 fully saturated rings. The van der Waals surface area contributed by atoms with Crippen LogP contribution in [0.4, 0.5) is 20.4 Å². The number of anilines is 2. The van der Waals surface area contributed by atoms with Gasteiger partial charge < -0.3 is 10.6 Å². The minimum Gasteiger partial charge on any atom is -0.368 e. The maximum atomic E-state index is 13.8. The van der Waals surface area contributed by atoms with Crippen LogP contribution in [0.5, 0.6) is 0 Å². The molecule has 0 aliphatic heterocycles. The predicted octanol–water partition coefficient (Wildman–Crippen LogP) is 4.17. The number of halogens is 2. The average Bonchev–Trinajstić information content (AvgIpc) is 2.39. The topological polar surface area (TPSA) is 37.0 Å². The molecule has 1 saturated carbocycles. The summed E-state index contributed by atoms with van der Waals surface area (Å²) in [5.41, 5.74) is 0.263. The highest BCUT2D eigenvalue weighted by molar-refractivity contribution is 5.47. The molecule has 0 spiro atoms. The van der Waals surface area contributed by atoms with Crippen LogP contribution < -0.4 is 10.6 Å². The van der Waals surface area contributed by atoms with E-state index in [0.717, 1.165) is 18.9 Å².